The molecule has 11 nitrogen and oxygen atoms in total. The fourth-order valence-electron chi connectivity index (χ4n) is 8.64. The lowest BCUT2D eigenvalue weighted by Gasteiger charge is -2.40. The van der Waals surface area contributed by atoms with Crippen molar-refractivity contribution in [1.82, 2.24) is 5.32 Å². The van der Waals surface area contributed by atoms with Gasteiger partial charge >= 0.3 is 0 Å². The van der Waals surface area contributed by atoms with Crippen molar-refractivity contribution in [1.29, 1.82) is 0 Å². The molecule has 8 N–H and O–H groups in total. The van der Waals surface area contributed by atoms with E-state index in [1.807, 2.05) is 6.08 Å². The van der Waals surface area contributed by atoms with E-state index < -0.39 is 74.2 Å². The normalized spacial score (nSPS) is 21.2. The number of unbranched alkanes of at least 4 members (excludes halogenated alkanes) is 29. The Labute approximate surface area is 391 Å². The molecule has 0 aliphatic carbocycles. The largest absolute Gasteiger partial charge is 0.394 e. The molecule has 11 heteroatoms. The summed E-state index contributed by atoms with van der Waals surface area (Å²) in [5, 5.41) is 75.6. The van der Waals surface area contributed by atoms with Crippen LogP contribution in [-0.2, 0) is 14.3 Å². The van der Waals surface area contributed by atoms with E-state index in [1.54, 1.807) is 0 Å². The molecule has 0 radical (unpaired) electrons. The van der Waals surface area contributed by atoms with Crippen molar-refractivity contribution >= 4 is 5.91 Å². The van der Waals surface area contributed by atoms with Gasteiger partial charge in [0.25, 0.3) is 0 Å². The summed E-state index contributed by atoms with van der Waals surface area (Å²) in [6, 6.07) is -1.19. The molecule has 9 atom stereocenters. The summed E-state index contributed by atoms with van der Waals surface area (Å²) < 4.78 is 11.1. The molecule has 1 amide bonds. The van der Waals surface area contributed by atoms with Gasteiger partial charge in [-0.2, -0.15) is 0 Å². The molecule has 0 saturated carbocycles. The number of aliphatic hydroxyl groups excluding tert-OH is 7. The molecular formula is C53H101NO10. The minimum absolute atomic E-state index is 0.246. The Bertz CT molecular complexity index is 1090. The monoisotopic (exact) mass is 912 g/mol. The Morgan fingerprint density at radius 3 is 1.41 bits per heavy atom. The molecule has 1 aliphatic heterocycles. The van der Waals surface area contributed by atoms with Crippen LogP contribution in [0.4, 0.5) is 0 Å². The molecule has 0 aromatic rings. The smallest absolute Gasteiger partial charge is 0.249 e. The number of ether oxygens (including phenoxy) is 2. The van der Waals surface area contributed by atoms with Gasteiger partial charge in [0.1, 0.15) is 36.6 Å². The second kappa shape index (κ2) is 42.9. The van der Waals surface area contributed by atoms with Crippen molar-refractivity contribution in [3.8, 4) is 0 Å². The van der Waals surface area contributed by atoms with E-state index in [-0.39, 0.29) is 12.8 Å². The van der Waals surface area contributed by atoms with Gasteiger partial charge < -0.3 is 50.5 Å². The lowest BCUT2D eigenvalue weighted by Crippen LogP contribution is -2.60. The number of nitrogens with one attached hydrogen (secondary N) is 1. The molecule has 1 rings (SSSR count). The molecular weight excluding hydrogens is 811 g/mol. The average Bonchev–Trinajstić information content (AvgIpc) is 3.29. The highest BCUT2D eigenvalue weighted by molar-refractivity contribution is 5.80. The summed E-state index contributed by atoms with van der Waals surface area (Å²) in [4.78, 5) is 13.1. The SMILES string of the molecule is CC/C=C/CC/C=C/CCCC(O)C(O)C(COC1OC(CO)C(O)C(O)C1O)NC(=O)C(O)CCCCCCCCCCCCCCCCCCCCCCCCCCCCCC. The third-order valence-corrected chi connectivity index (χ3v) is 13.0. The van der Waals surface area contributed by atoms with Gasteiger partial charge in [-0.15, -0.1) is 0 Å². The number of hydrogen-bond donors (Lipinski definition) is 8. The quantitative estimate of drug-likeness (QED) is 0.0216. The summed E-state index contributed by atoms with van der Waals surface area (Å²) in [5.74, 6) is -0.710. The molecule has 0 spiro atoms. The van der Waals surface area contributed by atoms with E-state index in [2.05, 4.69) is 37.4 Å². The van der Waals surface area contributed by atoms with E-state index in [1.165, 1.54) is 154 Å². The maximum Gasteiger partial charge on any atom is 0.249 e. The van der Waals surface area contributed by atoms with Crippen molar-refractivity contribution in [3.63, 3.8) is 0 Å². The topological polar surface area (TPSA) is 189 Å². The van der Waals surface area contributed by atoms with Gasteiger partial charge in [0.05, 0.1) is 25.4 Å². The minimum atomic E-state index is -1.67. The number of aliphatic hydroxyl groups is 7. The Kier molecular flexibility index (Phi) is 40.6. The third kappa shape index (κ3) is 31.5. The predicted molar refractivity (Wildman–Crippen MR) is 261 cm³/mol. The highest BCUT2D eigenvalue weighted by atomic mass is 16.7. The zero-order chi connectivity index (χ0) is 46.9. The predicted octanol–water partition coefficient (Wildman–Crippen LogP) is 10.2. The first-order valence-electron chi connectivity index (χ1n) is 26.7. The fourth-order valence-corrected chi connectivity index (χ4v) is 8.64. The van der Waals surface area contributed by atoms with Crippen molar-refractivity contribution in [3.05, 3.63) is 24.3 Å². The number of rotatable bonds is 45. The first-order chi connectivity index (χ1) is 31.2. The molecule has 1 aliphatic rings. The standard InChI is InChI=1S/C53H101NO10/c1-3-5-7-9-11-13-14-15-16-17-18-19-20-21-22-23-24-25-26-27-28-29-30-31-33-35-37-39-41-46(57)52(62)54-44(43-63-53-51(61)50(60)49(59)47(42-55)64-53)48(58)45(56)40-38-36-34-32-12-10-8-6-4-2/h6,8,32,34,44-51,53,55-61H,3-5,7,9-31,33,35-43H2,1-2H3,(H,54,62)/b8-6+,34-32+. The molecule has 0 aromatic carbocycles. The van der Waals surface area contributed by atoms with Gasteiger partial charge in [-0.3, -0.25) is 4.79 Å². The van der Waals surface area contributed by atoms with E-state index in [9.17, 15) is 40.5 Å². The summed E-state index contributed by atoms with van der Waals surface area (Å²) >= 11 is 0. The van der Waals surface area contributed by atoms with Gasteiger partial charge in [-0.1, -0.05) is 218 Å². The van der Waals surface area contributed by atoms with Crippen LogP contribution in [0.15, 0.2) is 24.3 Å². The van der Waals surface area contributed by atoms with E-state index in [4.69, 9.17) is 9.47 Å². The van der Waals surface area contributed by atoms with Crippen LogP contribution in [0.3, 0.4) is 0 Å². The second-order valence-corrected chi connectivity index (χ2v) is 18.9. The van der Waals surface area contributed by atoms with Crippen LogP contribution >= 0.6 is 0 Å². The van der Waals surface area contributed by atoms with Crippen LogP contribution in [0.2, 0.25) is 0 Å². The van der Waals surface area contributed by atoms with Crippen LogP contribution in [0, 0.1) is 0 Å². The first-order valence-corrected chi connectivity index (χ1v) is 26.7. The van der Waals surface area contributed by atoms with Crippen LogP contribution < -0.4 is 5.32 Å². The molecule has 1 fully saturated rings. The zero-order valence-corrected chi connectivity index (χ0v) is 41.0. The number of hydrogen-bond acceptors (Lipinski definition) is 10. The van der Waals surface area contributed by atoms with Crippen molar-refractivity contribution in [2.24, 2.45) is 0 Å². The lowest BCUT2D eigenvalue weighted by molar-refractivity contribution is -0.303. The van der Waals surface area contributed by atoms with Gasteiger partial charge in [0.2, 0.25) is 5.91 Å². The number of allylic oxidation sites excluding steroid dienone is 4. The van der Waals surface area contributed by atoms with Crippen molar-refractivity contribution < 1.29 is 50.0 Å². The Morgan fingerprint density at radius 1 is 0.547 bits per heavy atom. The lowest BCUT2D eigenvalue weighted by atomic mass is 9.98. The van der Waals surface area contributed by atoms with Gasteiger partial charge in [0.15, 0.2) is 6.29 Å². The van der Waals surface area contributed by atoms with Crippen molar-refractivity contribution in [2.45, 2.75) is 294 Å². The van der Waals surface area contributed by atoms with E-state index >= 15 is 0 Å². The highest BCUT2D eigenvalue weighted by Gasteiger charge is 2.44. The highest BCUT2D eigenvalue weighted by Crippen LogP contribution is 2.23. The fraction of sp³-hybridized carbons (Fsp3) is 0.906. The molecule has 0 aromatic heterocycles. The van der Waals surface area contributed by atoms with E-state index in [0.29, 0.717) is 19.3 Å². The number of carbonyl (C=O) groups is 1. The molecule has 1 heterocycles. The average molecular weight is 912 g/mol. The molecule has 64 heavy (non-hydrogen) atoms. The van der Waals surface area contributed by atoms with Crippen LogP contribution in [0.1, 0.15) is 239 Å². The second-order valence-electron chi connectivity index (χ2n) is 18.9. The number of amides is 1. The minimum Gasteiger partial charge on any atom is -0.394 e. The maximum atomic E-state index is 13.1. The van der Waals surface area contributed by atoms with Gasteiger partial charge in [-0.05, 0) is 44.9 Å². The molecule has 0 bridgehead atoms. The summed E-state index contributed by atoms with van der Waals surface area (Å²) in [6.45, 7) is 3.30. The van der Waals surface area contributed by atoms with Gasteiger partial charge in [0, 0.05) is 0 Å². The number of carbonyl (C=O) groups excluding carboxylic acids is 1. The van der Waals surface area contributed by atoms with Crippen LogP contribution in [0.5, 0.6) is 0 Å². The summed E-state index contributed by atoms with van der Waals surface area (Å²) in [7, 11) is 0. The van der Waals surface area contributed by atoms with Crippen LogP contribution in [0.25, 0.3) is 0 Å². The first kappa shape index (κ1) is 60.6. The maximum absolute atomic E-state index is 13.1. The van der Waals surface area contributed by atoms with Gasteiger partial charge in [-0.25, -0.2) is 0 Å². The Balaban J connectivity index is 2.21. The molecule has 378 valence electrons. The third-order valence-electron chi connectivity index (χ3n) is 13.0. The summed E-state index contributed by atoms with van der Waals surface area (Å²) in [6.07, 6.45) is 38.6. The molecule has 9 unspecified atom stereocenters. The van der Waals surface area contributed by atoms with Crippen molar-refractivity contribution in [2.75, 3.05) is 13.2 Å². The Hall–Kier alpha value is -1.41. The van der Waals surface area contributed by atoms with E-state index in [0.717, 1.165) is 38.5 Å². The van der Waals surface area contributed by atoms with Crippen LogP contribution in [-0.4, -0.2) is 110 Å². The Morgan fingerprint density at radius 2 is 0.969 bits per heavy atom. The molecule has 1 saturated heterocycles. The summed E-state index contributed by atoms with van der Waals surface area (Å²) in [5.41, 5.74) is 0. The zero-order valence-electron chi connectivity index (χ0n) is 41.0.